The van der Waals surface area contributed by atoms with Crippen molar-refractivity contribution in [1.29, 1.82) is 0 Å². The average molecular weight is 293 g/mol. The Morgan fingerprint density at radius 3 is 2.86 bits per heavy atom. The van der Waals surface area contributed by atoms with Crippen molar-refractivity contribution >= 4 is 11.8 Å². The van der Waals surface area contributed by atoms with Crippen LogP contribution in [-0.4, -0.2) is 46.0 Å². The summed E-state index contributed by atoms with van der Waals surface area (Å²) in [6, 6.07) is 1.84. The summed E-state index contributed by atoms with van der Waals surface area (Å²) in [7, 11) is 0. The predicted octanol–water partition coefficient (Wildman–Crippen LogP) is -0.0799. The zero-order valence-electron chi connectivity index (χ0n) is 12.6. The van der Waals surface area contributed by atoms with Crippen LogP contribution in [0.25, 0.3) is 0 Å². The number of hydrogen-bond donors (Lipinski definition) is 3. The fraction of sp³-hybridized carbons (Fsp3) is 0.643. The van der Waals surface area contributed by atoms with E-state index in [1.165, 1.54) is 6.92 Å². The molecule has 1 aliphatic rings. The number of carbonyl (C=O) groups excluding carboxylic acids is 2. The third kappa shape index (κ3) is 4.29. The number of hydrogen-bond acceptors (Lipinski definition) is 4. The first-order chi connectivity index (χ1) is 9.95. The van der Waals surface area contributed by atoms with E-state index in [0.29, 0.717) is 26.1 Å². The van der Waals surface area contributed by atoms with Crippen molar-refractivity contribution < 1.29 is 9.59 Å². The Morgan fingerprint density at radius 1 is 1.48 bits per heavy atom. The normalized spacial score (nSPS) is 22.7. The number of H-pyrrole nitrogens is 1. The third-order valence-electron chi connectivity index (χ3n) is 3.80. The van der Waals surface area contributed by atoms with E-state index in [9.17, 15) is 9.59 Å². The SMILES string of the molecule is CC(=O)N1C[C@@H](N)CC[C@@H](C(=O)NCc2cc(C)[nH]n2)C1. The monoisotopic (exact) mass is 293 g/mol. The lowest BCUT2D eigenvalue weighted by Gasteiger charge is -2.23. The zero-order chi connectivity index (χ0) is 15.4. The van der Waals surface area contributed by atoms with Gasteiger partial charge in [-0.2, -0.15) is 5.10 Å². The lowest BCUT2D eigenvalue weighted by Crippen LogP contribution is -2.42. The van der Waals surface area contributed by atoms with Crippen LogP contribution < -0.4 is 11.1 Å². The van der Waals surface area contributed by atoms with Gasteiger partial charge >= 0.3 is 0 Å². The van der Waals surface area contributed by atoms with Gasteiger partial charge in [-0.3, -0.25) is 14.7 Å². The van der Waals surface area contributed by atoms with Crippen LogP contribution in [-0.2, 0) is 16.1 Å². The minimum atomic E-state index is -0.206. The van der Waals surface area contributed by atoms with Crippen LogP contribution in [0.2, 0.25) is 0 Å². The van der Waals surface area contributed by atoms with Gasteiger partial charge in [-0.1, -0.05) is 0 Å². The number of aromatic amines is 1. The Balaban J connectivity index is 1.92. The second-order valence-electron chi connectivity index (χ2n) is 5.72. The highest BCUT2D eigenvalue weighted by molar-refractivity contribution is 5.80. The van der Waals surface area contributed by atoms with Crippen LogP contribution in [0.1, 0.15) is 31.2 Å². The molecule has 7 nitrogen and oxygen atoms in total. The molecule has 2 amide bonds. The molecule has 4 N–H and O–H groups in total. The van der Waals surface area contributed by atoms with Gasteiger partial charge in [0.1, 0.15) is 0 Å². The minimum Gasteiger partial charge on any atom is -0.350 e. The van der Waals surface area contributed by atoms with Crippen LogP contribution in [0.4, 0.5) is 0 Å². The van der Waals surface area contributed by atoms with Gasteiger partial charge in [0.05, 0.1) is 18.2 Å². The third-order valence-corrected chi connectivity index (χ3v) is 3.80. The van der Waals surface area contributed by atoms with E-state index in [2.05, 4.69) is 15.5 Å². The van der Waals surface area contributed by atoms with E-state index in [4.69, 9.17) is 5.73 Å². The first-order valence-electron chi connectivity index (χ1n) is 7.25. The van der Waals surface area contributed by atoms with Crippen molar-refractivity contribution in [1.82, 2.24) is 20.4 Å². The van der Waals surface area contributed by atoms with Gasteiger partial charge in [0, 0.05) is 31.7 Å². The Hall–Kier alpha value is -1.89. The van der Waals surface area contributed by atoms with E-state index < -0.39 is 0 Å². The van der Waals surface area contributed by atoms with Crippen molar-refractivity contribution in [2.45, 2.75) is 39.3 Å². The van der Waals surface area contributed by atoms with E-state index in [1.807, 2.05) is 13.0 Å². The highest BCUT2D eigenvalue weighted by Crippen LogP contribution is 2.16. The van der Waals surface area contributed by atoms with Crippen molar-refractivity contribution in [3.05, 3.63) is 17.5 Å². The number of carbonyl (C=O) groups is 2. The van der Waals surface area contributed by atoms with Gasteiger partial charge in [0.25, 0.3) is 0 Å². The molecule has 0 spiro atoms. The summed E-state index contributed by atoms with van der Waals surface area (Å²) in [5.41, 5.74) is 7.71. The molecule has 1 aromatic heterocycles. The number of likely N-dealkylation sites (tertiary alicyclic amines) is 1. The van der Waals surface area contributed by atoms with E-state index in [-0.39, 0.29) is 23.8 Å². The maximum atomic E-state index is 12.3. The lowest BCUT2D eigenvalue weighted by atomic mass is 10.0. The number of amides is 2. The summed E-state index contributed by atoms with van der Waals surface area (Å²) in [6.07, 6.45) is 1.46. The molecule has 0 unspecified atom stereocenters. The molecule has 2 rings (SSSR count). The van der Waals surface area contributed by atoms with E-state index in [0.717, 1.165) is 17.8 Å². The van der Waals surface area contributed by atoms with Gasteiger partial charge in [0.15, 0.2) is 0 Å². The molecule has 0 bridgehead atoms. The second kappa shape index (κ2) is 6.71. The number of aromatic nitrogens is 2. The first-order valence-corrected chi connectivity index (χ1v) is 7.25. The maximum Gasteiger partial charge on any atom is 0.225 e. The lowest BCUT2D eigenvalue weighted by molar-refractivity contribution is -0.131. The first kappa shape index (κ1) is 15.5. The molecule has 116 valence electrons. The molecular weight excluding hydrogens is 270 g/mol. The van der Waals surface area contributed by atoms with E-state index >= 15 is 0 Å². The summed E-state index contributed by atoms with van der Waals surface area (Å²) in [6.45, 7) is 4.78. The number of nitrogens with two attached hydrogens (primary N) is 1. The van der Waals surface area contributed by atoms with Gasteiger partial charge < -0.3 is 16.0 Å². The molecule has 0 radical (unpaired) electrons. The molecular formula is C14H23N5O2. The maximum absolute atomic E-state index is 12.3. The molecule has 1 saturated heterocycles. The predicted molar refractivity (Wildman–Crippen MR) is 78.1 cm³/mol. The number of rotatable bonds is 3. The molecule has 1 aliphatic heterocycles. The molecule has 2 atom stereocenters. The Kier molecular flexibility index (Phi) is 4.95. The summed E-state index contributed by atoms with van der Waals surface area (Å²) in [5.74, 6) is -0.286. The van der Waals surface area contributed by atoms with Crippen molar-refractivity contribution in [3.63, 3.8) is 0 Å². The molecule has 2 heterocycles. The topological polar surface area (TPSA) is 104 Å². The average Bonchev–Trinajstić information content (AvgIpc) is 2.73. The molecule has 0 aromatic carbocycles. The standard InChI is InChI=1S/C14H23N5O2/c1-9-5-13(18-17-9)6-16-14(21)11-3-4-12(15)8-19(7-11)10(2)20/h5,11-12H,3-4,6-8,15H2,1-2H3,(H,16,21)(H,17,18)/t11-,12+/m1/s1. The van der Waals surface area contributed by atoms with Crippen molar-refractivity contribution in [2.75, 3.05) is 13.1 Å². The summed E-state index contributed by atoms with van der Waals surface area (Å²) in [4.78, 5) is 25.5. The minimum absolute atomic E-state index is 0.0342. The molecule has 0 aliphatic carbocycles. The fourth-order valence-electron chi connectivity index (χ4n) is 2.58. The van der Waals surface area contributed by atoms with Crippen LogP contribution in [0, 0.1) is 12.8 Å². The zero-order valence-corrected chi connectivity index (χ0v) is 12.6. The van der Waals surface area contributed by atoms with Crippen molar-refractivity contribution in [3.8, 4) is 0 Å². The molecule has 0 saturated carbocycles. The van der Waals surface area contributed by atoms with Gasteiger partial charge in [-0.05, 0) is 25.8 Å². The van der Waals surface area contributed by atoms with Gasteiger partial charge in [0.2, 0.25) is 11.8 Å². The second-order valence-corrected chi connectivity index (χ2v) is 5.72. The highest BCUT2D eigenvalue weighted by atomic mass is 16.2. The Labute approximate surface area is 124 Å². The van der Waals surface area contributed by atoms with Crippen LogP contribution >= 0.6 is 0 Å². The fourth-order valence-corrected chi connectivity index (χ4v) is 2.58. The number of nitrogens with zero attached hydrogens (tertiary/aromatic N) is 2. The highest BCUT2D eigenvalue weighted by Gasteiger charge is 2.28. The number of nitrogens with one attached hydrogen (secondary N) is 2. The Bertz CT molecular complexity index is 513. The largest absolute Gasteiger partial charge is 0.350 e. The molecule has 1 aromatic rings. The molecule has 1 fully saturated rings. The van der Waals surface area contributed by atoms with Gasteiger partial charge in [-0.15, -0.1) is 0 Å². The summed E-state index contributed by atoms with van der Waals surface area (Å²) in [5, 5.41) is 9.81. The Morgan fingerprint density at radius 2 is 2.24 bits per heavy atom. The molecule has 7 heteroatoms. The van der Waals surface area contributed by atoms with Crippen LogP contribution in [0.5, 0.6) is 0 Å². The van der Waals surface area contributed by atoms with Gasteiger partial charge in [-0.25, -0.2) is 0 Å². The van der Waals surface area contributed by atoms with Crippen LogP contribution in [0.15, 0.2) is 6.07 Å². The van der Waals surface area contributed by atoms with Crippen molar-refractivity contribution in [2.24, 2.45) is 11.7 Å². The van der Waals surface area contributed by atoms with E-state index in [1.54, 1.807) is 4.90 Å². The van der Waals surface area contributed by atoms with Crippen LogP contribution in [0.3, 0.4) is 0 Å². The summed E-state index contributed by atoms with van der Waals surface area (Å²) < 4.78 is 0. The number of aryl methyl sites for hydroxylation is 1. The quantitative estimate of drug-likeness (QED) is 0.725. The summed E-state index contributed by atoms with van der Waals surface area (Å²) >= 11 is 0. The smallest absolute Gasteiger partial charge is 0.225 e. The molecule has 21 heavy (non-hydrogen) atoms.